The molecule has 2 N–H and O–H groups in total. The van der Waals surface area contributed by atoms with Crippen LogP contribution in [-0.4, -0.2) is 34.2 Å². The molecule has 0 saturated heterocycles. The molecule has 2 heterocycles. The van der Waals surface area contributed by atoms with Gasteiger partial charge in [0.2, 0.25) is 5.88 Å². The lowest BCUT2D eigenvalue weighted by atomic mass is 9.92. The molecule has 1 aromatic carbocycles. The Morgan fingerprint density at radius 1 is 0.944 bits per heavy atom. The minimum Gasteiger partial charge on any atom is -0.481 e. The Morgan fingerprint density at radius 3 is 2.33 bits per heavy atom. The second kappa shape index (κ2) is 16.3. The molecule has 0 amide bonds. The summed E-state index contributed by atoms with van der Waals surface area (Å²) >= 11 is 0. The predicted molar refractivity (Wildman–Crippen MR) is 148 cm³/mol. The van der Waals surface area contributed by atoms with Gasteiger partial charge in [0.1, 0.15) is 0 Å². The van der Waals surface area contributed by atoms with Gasteiger partial charge in [-0.25, -0.2) is 9.78 Å². The number of aromatic carboxylic acids is 1. The van der Waals surface area contributed by atoms with Gasteiger partial charge in [-0.15, -0.1) is 0 Å². The zero-order valence-corrected chi connectivity index (χ0v) is 22.1. The zero-order chi connectivity index (χ0) is 26.2. The number of carboxylic acids is 1. The van der Waals surface area contributed by atoms with Gasteiger partial charge >= 0.3 is 5.97 Å². The number of carbonyl (C=O) groups is 1. The number of anilines is 1. The van der Waals surface area contributed by atoms with E-state index in [-0.39, 0.29) is 0 Å². The number of nitrogens with one attached hydrogen (secondary N) is 1. The highest BCUT2D eigenvalue weighted by Crippen LogP contribution is 2.28. The molecule has 0 fully saturated rings. The van der Waals surface area contributed by atoms with Crippen LogP contribution in [0.3, 0.4) is 0 Å². The molecule has 36 heavy (non-hydrogen) atoms. The van der Waals surface area contributed by atoms with Crippen molar-refractivity contribution in [2.24, 2.45) is 5.92 Å². The zero-order valence-electron chi connectivity index (χ0n) is 22.1. The van der Waals surface area contributed by atoms with Crippen molar-refractivity contribution in [3.8, 4) is 17.1 Å². The fourth-order valence-electron chi connectivity index (χ4n) is 4.09. The SMILES string of the molecule is CCCCC(CC)CCC(CC)Nc1ccnc(-c2cccnc2OC)c1.O=C(O)c1ccccc1. The normalized spacial score (nSPS) is 12.1. The summed E-state index contributed by atoms with van der Waals surface area (Å²) in [5.74, 6) is 0.583. The van der Waals surface area contributed by atoms with Crippen LogP contribution in [0.2, 0.25) is 0 Å². The topological polar surface area (TPSA) is 84.3 Å². The van der Waals surface area contributed by atoms with E-state index >= 15 is 0 Å². The van der Waals surface area contributed by atoms with Gasteiger partial charge in [-0.3, -0.25) is 4.98 Å². The highest BCUT2D eigenvalue weighted by atomic mass is 16.5. The molecular formula is C30H41N3O3. The maximum atomic E-state index is 10.2. The Hall–Kier alpha value is -3.41. The van der Waals surface area contributed by atoms with E-state index in [2.05, 4.69) is 42.1 Å². The summed E-state index contributed by atoms with van der Waals surface area (Å²) in [6, 6.07) is 16.8. The van der Waals surface area contributed by atoms with Gasteiger partial charge in [0.25, 0.3) is 0 Å². The van der Waals surface area contributed by atoms with E-state index in [4.69, 9.17) is 9.84 Å². The van der Waals surface area contributed by atoms with Crippen LogP contribution in [0.1, 0.15) is 76.1 Å². The number of nitrogens with zero attached hydrogens (tertiary/aromatic N) is 2. The monoisotopic (exact) mass is 491 g/mol. The molecule has 0 bridgehead atoms. The highest BCUT2D eigenvalue weighted by Gasteiger charge is 2.13. The van der Waals surface area contributed by atoms with Gasteiger partial charge in [0, 0.05) is 24.1 Å². The smallest absolute Gasteiger partial charge is 0.335 e. The number of methoxy groups -OCH3 is 1. The predicted octanol–water partition coefficient (Wildman–Crippen LogP) is 7.72. The largest absolute Gasteiger partial charge is 0.481 e. The summed E-state index contributed by atoms with van der Waals surface area (Å²) < 4.78 is 5.38. The first kappa shape index (κ1) is 28.8. The molecule has 3 rings (SSSR count). The fraction of sp³-hybridized carbons (Fsp3) is 0.433. The van der Waals surface area contributed by atoms with Crippen molar-refractivity contribution in [1.82, 2.24) is 9.97 Å². The van der Waals surface area contributed by atoms with E-state index in [1.54, 1.807) is 43.6 Å². The highest BCUT2D eigenvalue weighted by molar-refractivity contribution is 5.87. The number of ether oxygens (including phenoxy) is 1. The molecular weight excluding hydrogens is 450 g/mol. The first-order chi connectivity index (χ1) is 17.5. The maximum absolute atomic E-state index is 10.2. The maximum Gasteiger partial charge on any atom is 0.335 e. The number of hydrogen-bond donors (Lipinski definition) is 2. The molecule has 0 spiro atoms. The molecule has 2 atom stereocenters. The average Bonchev–Trinajstić information content (AvgIpc) is 2.93. The van der Waals surface area contributed by atoms with E-state index in [9.17, 15) is 4.79 Å². The Labute approximate surface area is 216 Å². The van der Waals surface area contributed by atoms with Crippen molar-refractivity contribution >= 4 is 11.7 Å². The van der Waals surface area contributed by atoms with E-state index in [0.717, 1.165) is 29.3 Å². The summed E-state index contributed by atoms with van der Waals surface area (Å²) in [5, 5.41) is 12.1. The first-order valence-corrected chi connectivity index (χ1v) is 13.0. The second-order valence-corrected chi connectivity index (χ2v) is 8.90. The number of pyridine rings is 2. The van der Waals surface area contributed by atoms with Crippen molar-refractivity contribution in [2.75, 3.05) is 12.4 Å². The fourth-order valence-corrected chi connectivity index (χ4v) is 4.09. The van der Waals surface area contributed by atoms with Crippen LogP contribution in [0.5, 0.6) is 5.88 Å². The van der Waals surface area contributed by atoms with Gasteiger partial charge < -0.3 is 15.2 Å². The Balaban J connectivity index is 0.000000425. The lowest BCUT2D eigenvalue weighted by Crippen LogP contribution is -2.19. The van der Waals surface area contributed by atoms with Crippen molar-refractivity contribution in [1.29, 1.82) is 0 Å². The molecule has 0 aliphatic rings. The molecule has 0 aliphatic heterocycles. The summed E-state index contributed by atoms with van der Waals surface area (Å²) in [6.45, 7) is 6.86. The lowest BCUT2D eigenvalue weighted by molar-refractivity contribution is 0.0697. The molecule has 0 aliphatic carbocycles. The number of carboxylic acid groups (broad SMARTS) is 1. The molecule has 2 unspecified atom stereocenters. The van der Waals surface area contributed by atoms with Crippen LogP contribution in [0.4, 0.5) is 5.69 Å². The number of unbranched alkanes of at least 4 members (excludes halogenated alkanes) is 1. The summed E-state index contributed by atoms with van der Waals surface area (Å²) in [4.78, 5) is 19.0. The van der Waals surface area contributed by atoms with Crippen LogP contribution < -0.4 is 10.1 Å². The molecule has 0 radical (unpaired) electrons. The number of rotatable bonds is 13. The Bertz CT molecular complexity index is 1030. The quantitative estimate of drug-likeness (QED) is 0.254. The van der Waals surface area contributed by atoms with Crippen molar-refractivity contribution in [2.45, 2.75) is 71.8 Å². The molecule has 3 aromatic rings. The third-order valence-electron chi connectivity index (χ3n) is 6.35. The molecule has 194 valence electrons. The number of hydrogen-bond acceptors (Lipinski definition) is 5. The molecule has 6 heteroatoms. The van der Waals surface area contributed by atoms with Crippen molar-refractivity contribution in [3.05, 3.63) is 72.6 Å². The van der Waals surface area contributed by atoms with Crippen LogP contribution in [0.25, 0.3) is 11.3 Å². The van der Waals surface area contributed by atoms with Crippen LogP contribution in [-0.2, 0) is 0 Å². The average molecular weight is 492 g/mol. The molecule has 6 nitrogen and oxygen atoms in total. The third-order valence-corrected chi connectivity index (χ3v) is 6.35. The van der Waals surface area contributed by atoms with Crippen molar-refractivity contribution in [3.63, 3.8) is 0 Å². The standard InChI is InChI=1S/C23H35N3O.C7H6O2/c1-5-8-10-18(6-2)12-13-19(7-3)26-20-14-16-24-22(17-20)21-11-9-15-25-23(21)27-4;8-7(9)6-4-2-1-3-5-6/h9,11,14-19H,5-8,10,12-13H2,1-4H3,(H,24,26);1-5H,(H,8,9). The van der Waals surface area contributed by atoms with Crippen LogP contribution in [0.15, 0.2) is 67.0 Å². The van der Waals surface area contributed by atoms with Gasteiger partial charge in [0.05, 0.1) is 23.9 Å². The van der Waals surface area contributed by atoms with Crippen LogP contribution >= 0.6 is 0 Å². The third kappa shape index (κ3) is 9.68. The van der Waals surface area contributed by atoms with E-state index in [1.807, 2.05) is 24.4 Å². The number of aromatic nitrogens is 2. The van der Waals surface area contributed by atoms with E-state index in [1.165, 1.54) is 38.5 Å². The molecule has 2 aromatic heterocycles. The molecule has 0 saturated carbocycles. The van der Waals surface area contributed by atoms with Gasteiger partial charge in [-0.05, 0) is 61.6 Å². The van der Waals surface area contributed by atoms with E-state index in [0.29, 0.717) is 17.5 Å². The van der Waals surface area contributed by atoms with E-state index < -0.39 is 5.97 Å². The number of benzene rings is 1. The Kier molecular flexibility index (Phi) is 13.0. The van der Waals surface area contributed by atoms with Gasteiger partial charge in [-0.2, -0.15) is 0 Å². The first-order valence-electron chi connectivity index (χ1n) is 13.0. The lowest BCUT2D eigenvalue weighted by Gasteiger charge is -2.22. The summed E-state index contributed by atoms with van der Waals surface area (Å²) in [7, 11) is 1.64. The summed E-state index contributed by atoms with van der Waals surface area (Å²) in [6.07, 6.45) is 12.5. The van der Waals surface area contributed by atoms with Gasteiger partial charge in [-0.1, -0.05) is 64.7 Å². The second-order valence-electron chi connectivity index (χ2n) is 8.90. The Morgan fingerprint density at radius 2 is 1.72 bits per heavy atom. The van der Waals surface area contributed by atoms with Crippen LogP contribution in [0, 0.1) is 5.92 Å². The minimum absolute atomic E-state index is 0.331. The van der Waals surface area contributed by atoms with Gasteiger partial charge in [0.15, 0.2) is 0 Å². The van der Waals surface area contributed by atoms with Crippen molar-refractivity contribution < 1.29 is 14.6 Å². The summed E-state index contributed by atoms with van der Waals surface area (Å²) in [5.41, 5.74) is 3.24. The minimum atomic E-state index is -0.879.